The molecule has 0 aliphatic carbocycles. The van der Waals surface area contributed by atoms with Gasteiger partial charge in [-0.3, -0.25) is 0 Å². The van der Waals surface area contributed by atoms with Crippen molar-refractivity contribution in [3.8, 4) is 0 Å². The highest BCUT2D eigenvalue weighted by Gasteiger charge is 1.80. The molecular formula is C5H13N5. The highest BCUT2D eigenvalue weighted by atomic mass is 15.5. The van der Waals surface area contributed by atoms with Crippen LogP contribution in [-0.2, 0) is 6.54 Å². The van der Waals surface area contributed by atoms with Crippen LogP contribution in [0.1, 0.15) is 6.92 Å². The molecule has 0 amide bonds. The predicted octanol–water partition coefficient (Wildman–Crippen LogP) is -0.471. The second kappa shape index (κ2) is 6.15. The molecule has 0 saturated carbocycles. The number of aryl methyl sites for hydroxylation is 1. The Morgan fingerprint density at radius 3 is 2.30 bits per heavy atom. The summed E-state index contributed by atoms with van der Waals surface area (Å²) in [6, 6.07) is 0. The Kier molecular flexibility index (Phi) is 5.56. The van der Waals surface area contributed by atoms with Crippen LogP contribution in [0.15, 0.2) is 6.33 Å². The van der Waals surface area contributed by atoms with Crippen LogP contribution in [0.25, 0.3) is 0 Å². The molecule has 1 aromatic rings. The first-order valence-corrected chi connectivity index (χ1v) is 3.14. The molecule has 1 heterocycles. The van der Waals surface area contributed by atoms with E-state index in [2.05, 4.69) is 20.8 Å². The summed E-state index contributed by atoms with van der Waals surface area (Å²) < 4.78 is 1.65. The van der Waals surface area contributed by atoms with Crippen molar-refractivity contribution >= 4 is 0 Å². The van der Waals surface area contributed by atoms with Gasteiger partial charge in [0.25, 0.3) is 0 Å². The van der Waals surface area contributed by atoms with E-state index in [9.17, 15) is 0 Å². The van der Waals surface area contributed by atoms with E-state index in [1.165, 1.54) is 0 Å². The summed E-state index contributed by atoms with van der Waals surface area (Å²) in [6.07, 6.45) is 1.58. The molecule has 0 spiro atoms. The number of nitrogens with zero attached hydrogens (tertiary/aromatic N) is 4. The Morgan fingerprint density at radius 2 is 2.10 bits per heavy atom. The van der Waals surface area contributed by atoms with E-state index in [-0.39, 0.29) is 0 Å². The molecule has 58 valence electrons. The van der Waals surface area contributed by atoms with Gasteiger partial charge in [-0.15, -0.1) is 5.10 Å². The van der Waals surface area contributed by atoms with E-state index < -0.39 is 0 Å². The average Bonchev–Trinajstić information content (AvgIpc) is 2.39. The van der Waals surface area contributed by atoms with Gasteiger partial charge in [-0.2, -0.15) is 0 Å². The van der Waals surface area contributed by atoms with Gasteiger partial charge in [0.05, 0.1) is 0 Å². The minimum absolute atomic E-state index is 0.840. The van der Waals surface area contributed by atoms with Crippen LogP contribution < -0.4 is 5.32 Å². The van der Waals surface area contributed by atoms with Gasteiger partial charge < -0.3 is 5.32 Å². The molecule has 1 aromatic heterocycles. The van der Waals surface area contributed by atoms with Crippen molar-refractivity contribution in [1.82, 2.24) is 25.5 Å². The summed E-state index contributed by atoms with van der Waals surface area (Å²) in [5.74, 6) is 0. The van der Waals surface area contributed by atoms with Crippen molar-refractivity contribution in [2.24, 2.45) is 0 Å². The van der Waals surface area contributed by atoms with Crippen molar-refractivity contribution in [2.75, 3.05) is 14.1 Å². The summed E-state index contributed by atoms with van der Waals surface area (Å²) in [5.41, 5.74) is 0. The lowest BCUT2D eigenvalue weighted by Crippen LogP contribution is -1.93. The lowest BCUT2D eigenvalue weighted by molar-refractivity contribution is 0.626. The summed E-state index contributed by atoms with van der Waals surface area (Å²) >= 11 is 0. The van der Waals surface area contributed by atoms with Crippen LogP contribution in [0.2, 0.25) is 0 Å². The number of hydrogen-bond acceptors (Lipinski definition) is 4. The first-order chi connectivity index (χ1) is 4.85. The van der Waals surface area contributed by atoms with Crippen LogP contribution in [-0.4, -0.2) is 34.3 Å². The molecule has 0 atom stereocenters. The predicted molar refractivity (Wildman–Crippen MR) is 38.5 cm³/mol. The molecule has 5 nitrogen and oxygen atoms in total. The molecular weight excluding hydrogens is 130 g/mol. The highest BCUT2D eigenvalue weighted by molar-refractivity contribution is 4.40. The van der Waals surface area contributed by atoms with Crippen LogP contribution in [0, 0.1) is 0 Å². The monoisotopic (exact) mass is 143 g/mol. The Bertz CT molecular complexity index is 136. The molecule has 0 fully saturated rings. The van der Waals surface area contributed by atoms with Gasteiger partial charge in [-0.05, 0) is 31.4 Å². The quantitative estimate of drug-likeness (QED) is 0.577. The average molecular weight is 143 g/mol. The SMILES string of the molecule is CCn1cnnn1.CNC. The zero-order valence-electron chi connectivity index (χ0n) is 6.57. The summed E-state index contributed by atoms with van der Waals surface area (Å²) in [5, 5.41) is 13.2. The molecule has 1 N–H and O–H groups in total. The lowest BCUT2D eigenvalue weighted by atomic mass is 10.8. The Labute approximate surface area is 60.4 Å². The number of hydrogen-bond donors (Lipinski definition) is 1. The Balaban J connectivity index is 0.000000236. The van der Waals surface area contributed by atoms with E-state index in [1.807, 2.05) is 21.0 Å². The fourth-order valence-electron chi connectivity index (χ4n) is 0.325. The van der Waals surface area contributed by atoms with E-state index in [4.69, 9.17) is 0 Å². The smallest absolute Gasteiger partial charge is 0.138 e. The van der Waals surface area contributed by atoms with Crippen molar-refractivity contribution in [2.45, 2.75) is 13.5 Å². The van der Waals surface area contributed by atoms with Crippen molar-refractivity contribution < 1.29 is 0 Å². The number of tetrazole rings is 1. The van der Waals surface area contributed by atoms with Crippen molar-refractivity contribution in [3.05, 3.63) is 6.33 Å². The van der Waals surface area contributed by atoms with E-state index in [1.54, 1.807) is 11.0 Å². The summed E-state index contributed by atoms with van der Waals surface area (Å²) in [6.45, 7) is 2.82. The van der Waals surface area contributed by atoms with Crippen LogP contribution in [0.3, 0.4) is 0 Å². The second-order valence-electron chi connectivity index (χ2n) is 1.67. The van der Waals surface area contributed by atoms with Crippen LogP contribution >= 0.6 is 0 Å². The van der Waals surface area contributed by atoms with Crippen molar-refractivity contribution in [3.63, 3.8) is 0 Å². The standard InChI is InChI=1S/C3H6N4.C2H7N/c1-2-7-3-4-5-6-7;1-3-2/h3H,2H2,1H3;3H,1-2H3. The van der Waals surface area contributed by atoms with E-state index >= 15 is 0 Å². The third-order valence-corrected chi connectivity index (χ3v) is 0.715. The normalized spacial score (nSPS) is 8.30. The molecule has 5 heteroatoms. The maximum absolute atomic E-state index is 3.59. The zero-order chi connectivity index (χ0) is 7.82. The molecule has 0 aliphatic heterocycles. The molecule has 0 bridgehead atoms. The van der Waals surface area contributed by atoms with Gasteiger partial charge in [0.15, 0.2) is 0 Å². The topological polar surface area (TPSA) is 55.6 Å². The minimum atomic E-state index is 0.840. The van der Waals surface area contributed by atoms with Crippen LogP contribution in [0.4, 0.5) is 0 Å². The Hall–Kier alpha value is -0.970. The van der Waals surface area contributed by atoms with Gasteiger partial charge in [0.2, 0.25) is 0 Å². The number of rotatable bonds is 1. The Morgan fingerprint density at radius 1 is 1.50 bits per heavy atom. The van der Waals surface area contributed by atoms with E-state index in [0.717, 1.165) is 6.54 Å². The second-order valence-corrected chi connectivity index (χ2v) is 1.67. The summed E-state index contributed by atoms with van der Waals surface area (Å²) in [4.78, 5) is 0. The third-order valence-electron chi connectivity index (χ3n) is 0.715. The first-order valence-electron chi connectivity index (χ1n) is 3.14. The zero-order valence-corrected chi connectivity index (χ0v) is 6.57. The fourth-order valence-corrected chi connectivity index (χ4v) is 0.325. The fraction of sp³-hybridized carbons (Fsp3) is 0.800. The van der Waals surface area contributed by atoms with E-state index in [0.29, 0.717) is 0 Å². The maximum Gasteiger partial charge on any atom is 0.138 e. The van der Waals surface area contributed by atoms with Gasteiger partial charge in [0.1, 0.15) is 6.33 Å². The minimum Gasteiger partial charge on any atom is -0.323 e. The molecule has 0 aromatic carbocycles. The highest BCUT2D eigenvalue weighted by Crippen LogP contribution is 1.70. The third kappa shape index (κ3) is 3.96. The van der Waals surface area contributed by atoms with Gasteiger partial charge in [0, 0.05) is 6.54 Å². The van der Waals surface area contributed by atoms with Crippen molar-refractivity contribution in [1.29, 1.82) is 0 Å². The van der Waals surface area contributed by atoms with Gasteiger partial charge in [-0.25, -0.2) is 4.68 Å². The molecule has 0 radical (unpaired) electrons. The first kappa shape index (κ1) is 9.03. The number of aromatic nitrogens is 4. The molecule has 10 heavy (non-hydrogen) atoms. The van der Waals surface area contributed by atoms with Gasteiger partial charge >= 0.3 is 0 Å². The maximum atomic E-state index is 3.59. The van der Waals surface area contributed by atoms with Crippen LogP contribution in [0.5, 0.6) is 0 Å². The molecule has 0 saturated heterocycles. The number of nitrogens with one attached hydrogen (secondary N) is 1. The largest absolute Gasteiger partial charge is 0.323 e. The van der Waals surface area contributed by atoms with Gasteiger partial charge in [-0.1, -0.05) is 0 Å². The summed E-state index contributed by atoms with van der Waals surface area (Å²) in [7, 11) is 3.75. The lowest BCUT2D eigenvalue weighted by Gasteiger charge is -1.83. The molecule has 0 unspecified atom stereocenters. The molecule has 1 rings (SSSR count). The molecule has 0 aliphatic rings.